The van der Waals surface area contributed by atoms with Gasteiger partial charge in [0.1, 0.15) is 11.4 Å². The van der Waals surface area contributed by atoms with Gasteiger partial charge in [-0.25, -0.2) is 9.78 Å². The molecule has 7 heteroatoms. The number of carboxylic acids is 1. The lowest BCUT2D eigenvalue weighted by molar-refractivity contribution is 0.0697. The van der Waals surface area contributed by atoms with Crippen molar-refractivity contribution in [2.24, 2.45) is 0 Å². The van der Waals surface area contributed by atoms with Gasteiger partial charge in [0, 0.05) is 16.7 Å². The number of rotatable bonds is 5. The quantitative estimate of drug-likeness (QED) is 0.442. The van der Waals surface area contributed by atoms with Crippen LogP contribution in [0.2, 0.25) is 0 Å². The van der Waals surface area contributed by atoms with Crippen molar-refractivity contribution in [2.75, 3.05) is 10.6 Å². The van der Waals surface area contributed by atoms with Crippen molar-refractivity contribution in [3.63, 3.8) is 0 Å². The SMILES string of the molecule is CC1(Nc2cccnc2Oc2ccccc2C(C)(C)C)Nc2c(cccc2C(=O)O)S1. The topological polar surface area (TPSA) is 83.5 Å². The monoisotopic (exact) mass is 435 g/mol. The minimum atomic E-state index is -0.960. The van der Waals surface area contributed by atoms with Crippen LogP contribution >= 0.6 is 11.8 Å². The first-order valence-corrected chi connectivity index (χ1v) is 10.8. The lowest BCUT2D eigenvalue weighted by Gasteiger charge is -2.28. The van der Waals surface area contributed by atoms with E-state index in [1.165, 1.54) is 11.8 Å². The summed E-state index contributed by atoms with van der Waals surface area (Å²) in [6, 6.07) is 17.0. The predicted octanol–water partition coefficient (Wildman–Crippen LogP) is 6.17. The van der Waals surface area contributed by atoms with Gasteiger partial charge in [0.25, 0.3) is 0 Å². The van der Waals surface area contributed by atoms with E-state index in [-0.39, 0.29) is 11.0 Å². The number of aromatic carboxylic acids is 1. The largest absolute Gasteiger partial charge is 0.478 e. The van der Waals surface area contributed by atoms with Gasteiger partial charge in [-0.05, 0) is 42.7 Å². The Morgan fingerprint density at radius 2 is 1.90 bits per heavy atom. The molecule has 0 saturated heterocycles. The third-order valence-corrected chi connectivity index (χ3v) is 6.15. The molecule has 0 aliphatic carbocycles. The van der Waals surface area contributed by atoms with E-state index in [1.54, 1.807) is 18.3 Å². The number of ether oxygens (including phenoxy) is 1. The number of hydrogen-bond acceptors (Lipinski definition) is 6. The van der Waals surface area contributed by atoms with E-state index < -0.39 is 11.0 Å². The summed E-state index contributed by atoms with van der Waals surface area (Å²) in [6.45, 7) is 8.39. The maximum atomic E-state index is 11.6. The van der Waals surface area contributed by atoms with Gasteiger partial charge < -0.3 is 20.5 Å². The first-order valence-electron chi connectivity index (χ1n) is 10.0. The van der Waals surface area contributed by atoms with Crippen LogP contribution in [0.25, 0.3) is 0 Å². The number of benzene rings is 2. The number of thioether (sulfide) groups is 1. The zero-order chi connectivity index (χ0) is 22.2. The van der Waals surface area contributed by atoms with Crippen molar-refractivity contribution in [2.45, 2.75) is 43.0 Å². The molecule has 160 valence electrons. The van der Waals surface area contributed by atoms with Crippen LogP contribution in [0.15, 0.2) is 65.7 Å². The Balaban J connectivity index is 1.63. The highest BCUT2D eigenvalue weighted by Gasteiger charge is 2.36. The Morgan fingerprint density at radius 1 is 1.13 bits per heavy atom. The van der Waals surface area contributed by atoms with Crippen LogP contribution in [-0.2, 0) is 5.41 Å². The Bertz CT molecular complexity index is 1140. The summed E-state index contributed by atoms with van der Waals surface area (Å²) >= 11 is 1.52. The summed E-state index contributed by atoms with van der Waals surface area (Å²) in [7, 11) is 0. The Kier molecular flexibility index (Phi) is 5.31. The van der Waals surface area contributed by atoms with Crippen LogP contribution < -0.4 is 15.4 Å². The molecule has 3 N–H and O–H groups in total. The van der Waals surface area contributed by atoms with Gasteiger partial charge >= 0.3 is 5.97 Å². The van der Waals surface area contributed by atoms with Crippen LogP contribution in [0.4, 0.5) is 11.4 Å². The van der Waals surface area contributed by atoms with E-state index in [2.05, 4.69) is 42.5 Å². The van der Waals surface area contributed by atoms with Gasteiger partial charge in [-0.2, -0.15) is 0 Å². The van der Waals surface area contributed by atoms with E-state index in [4.69, 9.17) is 4.74 Å². The summed E-state index contributed by atoms with van der Waals surface area (Å²) in [5.74, 6) is 0.251. The molecule has 1 aliphatic rings. The summed E-state index contributed by atoms with van der Waals surface area (Å²) in [5.41, 5.74) is 2.57. The number of nitrogens with one attached hydrogen (secondary N) is 2. The van der Waals surface area contributed by atoms with E-state index in [0.717, 1.165) is 16.2 Å². The fraction of sp³-hybridized carbons (Fsp3) is 0.250. The number of anilines is 2. The number of carboxylic acid groups (broad SMARTS) is 1. The second kappa shape index (κ2) is 7.81. The van der Waals surface area contributed by atoms with Crippen molar-refractivity contribution < 1.29 is 14.6 Å². The number of hydrogen-bond donors (Lipinski definition) is 3. The lowest BCUT2D eigenvalue weighted by Crippen LogP contribution is -2.36. The van der Waals surface area contributed by atoms with E-state index in [1.807, 2.05) is 43.3 Å². The molecular formula is C24H25N3O3S. The number of pyridine rings is 1. The second-order valence-electron chi connectivity index (χ2n) is 8.57. The molecule has 2 heterocycles. The van der Waals surface area contributed by atoms with E-state index >= 15 is 0 Å². The fourth-order valence-electron chi connectivity index (χ4n) is 3.57. The molecule has 1 unspecified atom stereocenters. The summed E-state index contributed by atoms with van der Waals surface area (Å²) in [5, 5.41) is 16.3. The molecule has 6 nitrogen and oxygen atoms in total. The van der Waals surface area contributed by atoms with E-state index in [0.29, 0.717) is 17.3 Å². The maximum absolute atomic E-state index is 11.6. The molecule has 0 spiro atoms. The molecule has 0 amide bonds. The number of fused-ring (bicyclic) bond motifs is 1. The molecule has 0 bridgehead atoms. The van der Waals surface area contributed by atoms with Gasteiger partial charge in [-0.1, -0.05) is 56.8 Å². The summed E-state index contributed by atoms with van der Waals surface area (Å²) in [4.78, 5) is 16.3. The fourth-order valence-corrected chi connectivity index (χ4v) is 4.73. The molecule has 3 aromatic rings. The highest BCUT2D eigenvalue weighted by atomic mass is 32.2. The van der Waals surface area contributed by atoms with Crippen molar-refractivity contribution in [3.8, 4) is 11.6 Å². The van der Waals surface area contributed by atoms with E-state index in [9.17, 15) is 9.90 Å². The maximum Gasteiger partial charge on any atom is 0.337 e. The average Bonchev–Trinajstić information content (AvgIpc) is 3.04. The van der Waals surface area contributed by atoms with Crippen LogP contribution in [0.3, 0.4) is 0 Å². The highest BCUT2D eigenvalue weighted by molar-refractivity contribution is 8.01. The van der Waals surface area contributed by atoms with Gasteiger partial charge in [-0.3, -0.25) is 0 Å². The zero-order valence-corrected chi connectivity index (χ0v) is 18.7. The number of nitrogens with zero attached hydrogens (tertiary/aromatic N) is 1. The van der Waals surface area contributed by atoms with Gasteiger partial charge in [-0.15, -0.1) is 0 Å². The molecule has 1 aliphatic heterocycles. The molecule has 31 heavy (non-hydrogen) atoms. The van der Waals surface area contributed by atoms with Crippen molar-refractivity contribution in [3.05, 3.63) is 71.9 Å². The number of carbonyl (C=O) groups is 1. The number of aromatic nitrogens is 1. The normalized spacial score (nSPS) is 17.5. The number of para-hydroxylation sites is 2. The van der Waals surface area contributed by atoms with Crippen LogP contribution in [0.1, 0.15) is 43.6 Å². The van der Waals surface area contributed by atoms with Crippen molar-refractivity contribution in [1.29, 1.82) is 0 Å². The molecule has 0 saturated carbocycles. The molecule has 0 radical (unpaired) electrons. The zero-order valence-electron chi connectivity index (χ0n) is 17.9. The van der Waals surface area contributed by atoms with Gasteiger partial charge in [0.05, 0.1) is 11.3 Å². The predicted molar refractivity (Wildman–Crippen MR) is 124 cm³/mol. The van der Waals surface area contributed by atoms with Crippen molar-refractivity contribution >= 4 is 29.1 Å². The first kappa shape index (κ1) is 21.1. The highest BCUT2D eigenvalue weighted by Crippen LogP contribution is 2.48. The first-order chi connectivity index (χ1) is 14.7. The Labute approximate surface area is 186 Å². The van der Waals surface area contributed by atoms with Gasteiger partial charge in [0.15, 0.2) is 4.99 Å². The lowest BCUT2D eigenvalue weighted by atomic mass is 9.86. The average molecular weight is 436 g/mol. The smallest absolute Gasteiger partial charge is 0.337 e. The minimum Gasteiger partial charge on any atom is -0.478 e. The van der Waals surface area contributed by atoms with Crippen LogP contribution in [-0.4, -0.2) is 21.1 Å². The third-order valence-electron chi connectivity index (χ3n) is 4.98. The molecule has 1 aromatic heterocycles. The molecule has 1 atom stereocenters. The Hall–Kier alpha value is -3.19. The molecule has 4 rings (SSSR count). The molecule has 2 aromatic carbocycles. The molecular weight excluding hydrogens is 410 g/mol. The Morgan fingerprint density at radius 3 is 2.65 bits per heavy atom. The minimum absolute atomic E-state index is 0.0807. The van der Waals surface area contributed by atoms with Crippen molar-refractivity contribution in [1.82, 2.24) is 4.98 Å². The summed E-state index contributed by atoms with van der Waals surface area (Å²) < 4.78 is 6.26. The second-order valence-corrected chi connectivity index (χ2v) is 10.0. The standard InChI is InChI=1S/C24H25N3O3S/c1-23(2,3)16-10-5-6-12-18(16)30-21-17(11-8-14-25-21)26-24(4)27-20-15(22(28)29)9-7-13-19(20)31-24/h5-14,26-27H,1-4H3,(H,28,29). The summed E-state index contributed by atoms with van der Waals surface area (Å²) in [6.07, 6.45) is 1.69. The van der Waals surface area contributed by atoms with Crippen LogP contribution in [0, 0.1) is 0 Å². The van der Waals surface area contributed by atoms with Crippen LogP contribution in [0.5, 0.6) is 11.6 Å². The van der Waals surface area contributed by atoms with Gasteiger partial charge in [0.2, 0.25) is 5.88 Å². The molecule has 0 fully saturated rings. The third kappa shape index (κ3) is 4.32.